The second-order valence-corrected chi connectivity index (χ2v) is 11.5. The molecule has 0 atom stereocenters. The van der Waals surface area contributed by atoms with Crippen LogP contribution in [0.15, 0.2) is 41.3 Å². The van der Waals surface area contributed by atoms with E-state index in [0.29, 0.717) is 23.2 Å². The number of likely N-dealkylation sites (N-methyl/N-ethyl adjacent to an activating group) is 1. The van der Waals surface area contributed by atoms with E-state index in [1.54, 1.807) is 4.90 Å². The zero-order valence-corrected chi connectivity index (χ0v) is 21.9. The Kier molecular flexibility index (Phi) is 8.50. The fourth-order valence-electron chi connectivity index (χ4n) is 3.55. The first-order chi connectivity index (χ1) is 15.7. The van der Waals surface area contributed by atoms with Crippen molar-refractivity contribution in [3.8, 4) is 0 Å². The van der Waals surface area contributed by atoms with E-state index in [1.807, 2.05) is 19.9 Å². The van der Waals surface area contributed by atoms with Crippen molar-refractivity contribution in [1.82, 2.24) is 9.88 Å². The predicted octanol–water partition coefficient (Wildman–Crippen LogP) is 5.11. The van der Waals surface area contributed by atoms with E-state index in [4.69, 9.17) is 16.6 Å². The number of benzene rings is 2. The number of rotatable bonds is 10. The van der Waals surface area contributed by atoms with Crippen LogP contribution in [-0.2, 0) is 14.6 Å². The van der Waals surface area contributed by atoms with Crippen LogP contribution in [0.1, 0.15) is 31.4 Å². The summed E-state index contributed by atoms with van der Waals surface area (Å²) >= 11 is 7.34. The average Bonchev–Trinajstić information content (AvgIpc) is 3.23. The van der Waals surface area contributed by atoms with Crippen LogP contribution in [0.2, 0.25) is 5.02 Å². The molecule has 0 saturated carbocycles. The molecule has 0 N–H and O–H groups in total. The van der Waals surface area contributed by atoms with Crippen LogP contribution in [0.5, 0.6) is 0 Å². The van der Waals surface area contributed by atoms with Gasteiger partial charge in [0.15, 0.2) is 15.0 Å². The quantitative estimate of drug-likeness (QED) is 0.381. The van der Waals surface area contributed by atoms with Crippen molar-refractivity contribution >= 4 is 54.0 Å². The Morgan fingerprint density at radius 1 is 1.03 bits per heavy atom. The number of aryl methyl sites for hydroxylation is 2. The van der Waals surface area contributed by atoms with Gasteiger partial charge in [-0.15, -0.1) is 0 Å². The maximum absolute atomic E-state index is 13.3. The fourth-order valence-corrected chi connectivity index (χ4v) is 5.98. The lowest BCUT2D eigenvalue weighted by Crippen LogP contribution is -2.39. The maximum Gasteiger partial charge on any atom is 0.229 e. The van der Waals surface area contributed by atoms with Gasteiger partial charge in [0.1, 0.15) is 0 Å². The number of hydrogen-bond donors (Lipinski definition) is 0. The largest absolute Gasteiger partial charge is 0.302 e. The first-order valence-electron chi connectivity index (χ1n) is 11.0. The summed E-state index contributed by atoms with van der Waals surface area (Å²) in [6.45, 7) is 11.1. The van der Waals surface area contributed by atoms with Gasteiger partial charge in [0, 0.05) is 24.5 Å². The Bertz CT molecular complexity index is 1220. The number of sulfone groups is 1. The fraction of sp³-hybridized carbons (Fsp3) is 0.417. The summed E-state index contributed by atoms with van der Waals surface area (Å²) in [5, 5.41) is 1.08. The number of hydrogen-bond acceptors (Lipinski definition) is 6. The molecule has 0 aliphatic heterocycles. The number of halogens is 1. The molecule has 0 aliphatic rings. The molecule has 33 heavy (non-hydrogen) atoms. The second-order valence-electron chi connectivity index (χ2n) is 7.95. The summed E-state index contributed by atoms with van der Waals surface area (Å²) in [6, 6.07) is 10.1. The third-order valence-electron chi connectivity index (χ3n) is 5.90. The molecule has 0 spiro atoms. The highest BCUT2D eigenvalue weighted by molar-refractivity contribution is 7.91. The lowest BCUT2D eigenvalue weighted by Gasteiger charge is -2.24. The number of aromatic nitrogens is 1. The normalized spacial score (nSPS) is 11.9. The van der Waals surface area contributed by atoms with Crippen molar-refractivity contribution in [2.24, 2.45) is 0 Å². The summed E-state index contributed by atoms with van der Waals surface area (Å²) < 4.78 is 26.5. The summed E-state index contributed by atoms with van der Waals surface area (Å²) in [4.78, 5) is 22.1. The van der Waals surface area contributed by atoms with E-state index in [9.17, 15) is 13.2 Å². The van der Waals surface area contributed by atoms with Crippen LogP contribution in [0.25, 0.3) is 10.2 Å². The van der Waals surface area contributed by atoms with Gasteiger partial charge in [-0.1, -0.05) is 42.9 Å². The molecule has 1 amide bonds. The van der Waals surface area contributed by atoms with Gasteiger partial charge < -0.3 is 4.90 Å². The number of carbonyl (C=O) groups excluding carboxylic acids is 1. The van der Waals surface area contributed by atoms with Crippen molar-refractivity contribution in [3.05, 3.63) is 52.5 Å². The van der Waals surface area contributed by atoms with Gasteiger partial charge in [-0.25, -0.2) is 13.4 Å². The number of nitrogens with zero attached hydrogens (tertiary/aromatic N) is 3. The van der Waals surface area contributed by atoms with Gasteiger partial charge in [0.2, 0.25) is 5.91 Å². The van der Waals surface area contributed by atoms with Gasteiger partial charge in [0.05, 0.1) is 20.9 Å². The van der Waals surface area contributed by atoms with Crippen LogP contribution in [0.4, 0.5) is 5.13 Å². The van der Waals surface area contributed by atoms with Gasteiger partial charge in [-0.3, -0.25) is 9.69 Å². The summed E-state index contributed by atoms with van der Waals surface area (Å²) in [7, 11) is -3.60. The monoisotopic (exact) mass is 507 g/mol. The average molecular weight is 508 g/mol. The number of fused-ring (bicyclic) bond motifs is 1. The van der Waals surface area contributed by atoms with E-state index in [1.165, 1.54) is 35.6 Å². The van der Waals surface area contributed by atoms with Crippen LogP contribution < -0.4 is 4.90 Å². The molecule has 9 heteroatoms. The summed E-state index contributed by atoms with van der Waals surface area (Å²) in [5.41, 5.74) is 3.13. The van der Waals surface area contributed by atoms with Crippen molar-refractivity contribution in [1.29, 1.82) is 0 Å². The molecule has 178 valence electrons. The molecule has 3 rings (SSSR count). The lowest BCUT2D eigenvalue weighted by molar-refractivity contribution is -0.118. The lowest BCUT2D eigenvalue weighted by atomic mass is 10.1. The van der Waals surface area contributed by atoms with Gasteiger partial charge in [-0.05, 0) is 68.4 Å². The molecule has 1 aromatic heterocycles. The van der Waals surface area contributed by atoms with Crippen molar-refractivity contribution in [2.45, 2.75) is 39.0 Å². The number of anilines is 1. The summed E-state index contributed by atoms with van der Waals surface area (Å²) in [6.07, 6.45) is -0.114. The number of carbonyl (C=O) groups is 1. The SMILES string of the molecule is CCN(CC)CCN(C(=O)CCS(=O)(=O)c1ccc(Cl)cc1)c1nc2c(C)c(C)ccc2s1. The molecule has 0 radical (unpaired) electrons. The van der Waals surface area contributed by atoms with Gasteiger partial charge in [0.25, 0.3) is 0 Å². The minimum atomic E-state index is -3.60. The van der Waals surface area contributed by atoms with Gasteiger partial charge >= 0.3 is 0 Å². The minimum Gasteiger partial charge on any atom is -0.302 e. The zero-order chi connectivity index (χ0) is 24.2. The van der Waals surface area contributed by atoms with E-state index < -0.39 is 9.84 Å². The molecule has 0 saturated heterocycles. The Morgan fingerprint density at radius 3 is 2.33 bits per heavy atom. The summed E-state index contributed by atoms with van der Waals surface area (Å²) in [5.74, 6) is -0.508. The van der Waals surface area contributed by atoms with Gasteiger partial charge in [-0.2, -0.15) is 0 Å². The minimum absolute atomic E-state index is 0.114. The molecule has 2 aromatic carbocycles. The number of amides is 1. The predicted molar refractivity (Wildman–Crippen MR) is 137 cm³/mol. The smallest absolute Gasteiger partial charge is 0.229 e. The molecular weight excluding hydrogens is 478 g/mol. The van der Waals surface area contributed by atoms with E-state index >= 15 is 0 Å². The highest BCUT2D eigenvalue weighted by Crippen LogP contribution is 2.32. The Morgan fingerprint density at radius 2 is 1.70 bits per heavy atom. The first-order valence-corrected chi connectivity index (χ1v) is 13.9. The second kappa shape index (κ2) is 11.0. The molecule has 0 fully saturated rings. The van der Waals surface area contributed by atoms with Crippen molar-refractivity contribution in [3.63, 3.8) is 0 Å². The van der Waals surface area contributed by atoms with Crippen molar-refractivity contribution in [2.75, 3.05) is 36.8 Å². The maximum atomic E-state index is 13.3. The Hall–Kier alpha value is -2.00. The Balaban J connectivity index is 1.85. The van der Waals surface area contributed by atoms with E-state index in [-0.39, 0.29) is 23.0 Å². The standard InChI is InChI=1S/C24H30ClN3O3S2/c1-5-27(6-2)14-15-28(24-26-23-18(4)17(3)7-12-21(23)32-24)22(29)13-16-33(30,31)20-10-8-19(25)9-11-20/h7-12H,5-6,13-16H2,1-4H3. The molecule has 0 aliphatic carbocycles. The van der Waals surface area contributed by atoms with Crippen LogP contribution in [-0.4, -0.2) is 56.1 Å². The number of thiazole rings is 1. The topological polar surface area (TPSA) is 70.6 Å². The molecule has 6 nitrogen and oxygen atoms in total. The molecule has 0 bridgehead atoms. The first kappa shape index (κ1) is 25.6. The molecular formula is C24H30ClN3O3S2. The molecule has 0 unspecified atom stereocenters. The molecule has 1 heterocycles. The highest BCUT2D eigenvalue weighted by atomic mass is 35.5. The van der Waals surface area contributed by atoms with Crippen LogP contribution in [0, 0.1) is 13.8 Å². The van der Waals surface area contributed by atoms with Crippen LogP contribution >= 0.6 is 22.9 Å². The van der Waals surface area contributed by atoms with Crippen LogP contribution in [0.3, 0.4) is 0 Å². The highest BCUT2D eigenvalue weighted by Gasteiger charge is 2.24. The Labute approximate surface area is 205 Å². The third kappa shape index (κ3) is 6.12. The van der Waals surface area contributed by atoms with E-state index in [2.05, 4.69) is 24.8 Å². The van der Waals surface area contributed by atoms with Crippen molar-refractivity contribution < 1.29 is 13.2 Å². The third-order valence-corrected chi connectivity index (χ3v) is 8.92. The van der Waals surface area contributed by atoms with E-state index in [0.717, 1.165) is 34.4 Å². The molecule has 3 aromatic rings. The zero-order valence-electron chi connectivity index (χ0n) is 19.5.